The zero-order valence-corrected chi connectivity index (χ0v) is 21.3. The van der Waals surface area contributed by atoms with E-state index in [-0.39, 0.29) is 24.2 Å². The third kappa shape index (κ3) is 5.07. The smallest absolute Gasteiger partial charge is 0.427 e. The van der Waals surface area contributed by atoms with Crippen LogP contribution in [0.3, 0.4) is 0 Å². The molecule has 4 atom stereocenters. The van der Waals surface area contributed by atoms with Gasteiger partial charge in [0.05, 0.1) is 12.1 Å². The van der Waals surface area contributed by atoms with Gasteiger partial charge >= 0.3 is 12.3 Å². The summed E-state index contributed by atoms with van der Waals surface area (Å²) in [5.41, 5.74) is -2.34. The lowest BCUT2D eigenvalue weighted by molar-refractivity contribution is -0.209. The van der Waals surface area contributed by atoms with Crippen molar-refractivity contribution in [3.63, 3.8) is 0 Å². The van der Waals surface area contributed by atoms with Crippen molar-refractivity contribution in [1.29, 1.82) is 0 Å². The SMILES string of the molecule is CSc1nc2c(F)c(Cl)nc(OC([C@@H]3NC[C@H]4CC[C@@H]3N4C(=O)OC(C)(C)C)C(F)(F)F)c2c(=O)[nH]1. The number of halogens is 5. The van der Waals surface area contributed by atoms with Crippen LogP contribution in [0, 0.1) is 5.82 Å². The van der Waals surface area contributed by atoms with Crippen molar-refractivity contribution in [2.45, 2.75) is 74.8 Å². The van der Waals surface area contributed by atoms with E-state index in [1.165, 1.54) is 4.90 Å². The highest BCUT2D eigenvalue weighted by Gasteiger charge is 2.56. The molecule has 4 heterocycles. The Bertz CT molecular complexity index is 1240. The first-order valence-electron chi connectivity index (χ1n) is 11.0. The highest BCUT2D eigenvalue weighted by Crippen LogP contribution is 2.38. The van der Waals surface area contributed by atoms with E-state index in [1.54, 1.807) is 27.0 Å². The van der Waals surface area contributed by atoms with Gasteiger partial charge in [0.25, 0.3) is 5.56 Å². The normalized spacial score (nSPS) is 23.1. The summed E-state index contributed by atoms with van der Waals surface area (Å²) in [5, 5.41) is 1.46. The van der Waals surface area contributed by atoms with Crippen molar-refractivity contribution in [2.24, 2.45) is 0 Å². The molecular weight excluding hydrogens is 530 g/mol. The van der Waals surface area contributed by atoms with Gasteiger partial charge in [-0.15, -0.1) is 0 Å². The van der Waals surface area contributed by atoms with Crippen molar-refractivity contribution in [1.82, 2.24) is 25.2 Å². The van der Waals surface area contributed by atoms with Crippen molar-refractivity contribution >= 4 is 40.4 Å². The monoisotopic (exact) mass is 553 g/mol. The molecule has 2 aliphatic rings. The molecule has 198 valence electrons. The van der Waals surface area contributed by atoms with Crippen molar-refractivity contribution in [3.05, 3.63) is 21.3 Å². The molecule has 0 spiro atoms. The highest BCUT2D eigenvalue weighted by atomic mass is 35.5. The van der Waals surface area contributed by atoms with Crippen LogP contribution in [0.5, 0.6) is 5.88 Å². The average molecular weight is 554 g/mol. The topological polar surface area (TPSA) is 109 Å². The third-order valence-corrected chi connectivity index (χ3v) is 6.77. The fourth-order valence-corrected chi connectivity index (χ4v) is 5.07. The molecule has 1 amide bonds. The van der Waals surface area contributed by atoms with Crippen LogP contribution in [0.15, 0.2) is 9.95 Å². The molecule has 0 saturated carbocycles. The Hall–Kier alpha value is -2.32. The quantitative estimate of drug-likeness (QED) is 0.254. The van der Waals surface area contributed by atoms with Crippen LogP contribution < -0.4 is 15.6 Å². The van der Waals surface area contributed by atoms with Gasteiger partial charge in [-0.25, -0.2) is 14.2 Å². The number of nitrogens with zero attached hydrogens (tertiary/aromatic N) is 3. The molecular formula is C21H24ClF4N5O4S. The summed E-state index contributed by atoms with van der Waals surface area (Å²) in [5.74, 6) is -1.97. The Labute approximate surface area is 212 Å². The average Bonchev–Trinajstić information content (AvgIpc) is 3.07. The molecule has 2 aromatic heterocycles. The molecule has 2 bridgehead atoms. The standard InChI is InChI=1S/C21H24ClF4N5O4S/c1-20(2,3)35-19(33)31-8-5-6-9(31)12(27-7-8)14(21(24,25)26)34-17-10-13(11(23)15(22)29-17)28-18(36-4)30-16(10)32/h8-9,12,14,27H,5-7H2,1-4H3,(H,28,30,32)/t8-,9+,12-,14?/m1/s1. The maximum Gasteiger partial charge on any atom is 0.427 e. The Kier molecular flexibility index (Phi) is 7.07. The van der Waals surface area contributed by atoms with Gasteiger partial charge in [-0.2, -0.15) is 18.2 Å². The number of fused-ring (bicyclic) bond motifs is 3. The summed E-state index contributed by atoms with van der Waals surface area (Å²) in [6.07, 6.45) is -5.91. The summed E-state index contributed by atoms with van der Waals surface area (Å²) in [4.78, 5) is 36.7. The van der Waals surface area contributed by atoms with Crippen LogP contribution in [0.4, 0.5) is 22.4 Å². The van der Waals surface area contributed by atoms with Gasteiger partial charge in [0.2, 0.25) is 12.0 Å². The van der Waals surface area contributed by atoms with Crippen molar-refractivity contribution in [2.75, 3.05) is 12.8 Å². The molecule has 4 rings (SSSR count). The number of piperazine rings is 1. The van der Waals surface area contributed by atoms with Crippen LogP contribution in [0.25, 0.3) is 10.9 Å². The summed E-state index contributed by atoms with van der Waals surface area (Å²) >= 11 is 6.82. The molecule has 0 aromatic carbocycles. The van der Waals surface area contributed by atoms with Gasteiger partial charge in [0, 0.05) is 12.6 Å². The lowest BCUT2D eigenvalue weighted by Crippen LogP contribution is -2.67. The van der Waals surface area contributed by atoms with E-state index in [9.17, 15) is 27.2 Å². The first kappa shape index (κ1) is 26.7. The number of nitrogens with one attached hydrogen (secondary N) is 2. The van der Waals surface area contributed by atoms with Gasteiger partial charge in [-0.1, -0.05) is 23.4 Å². The molecule has 36 heavy (non-hydrogen) atoms. The Balaban J connectivity index is 1.75. The zero-order chi connectivity index (χ0) is 26.6. The van der Waals surface area contributed by atoms with E-state index in [4.69, 9.17) is 21.1 Å². The van der Waals surface area contributed by atoms with E-state index in [2.05, 4.69) is 20.3 Å². The fraction of sp³-hybridized carbons (Fsp3) is 0.619. The Morgan fingerprint density at radius 3 is 2.56 bits per heavy atom. The number of hydrogen-bond acceptors (Lipinski definition) is 8. The minimum absolute atomic E-state index is 0.0333. The lowest BCUT2D eigenvalue weighted by Gasteiger charge is -2.43. The molecule has 2 saturated heterocycles. The fourth-order valence-electron chi connectivity index (χ4n) is 4.53. The molecule has 0 aliphatic carbocycles. The second-order valence-corrected chi connectivity index (χ2v) is 10.7. The predicted octanol–water partition coefficient (Wildman–Crippen LogP) is 3.88. The second-order valence-electron chi connectivity index (χ2n) is 9.52. The van der Waals surface area contributed by atoms with E-state index in [0.29, 0.717) is 6.42 Å². The van der Waals surface area contributed by atoms with E-state index in [1.807, 2.05) is 0 Å². The van der Waals surface area contributed by atoms with E-state index in [0.717, 1.165) is 11.8 Å². The summed E-state index contributed by atoms with van der Waals surface area (Å²) in [6, 6.07) is -2.67. The molecule has 2 aliphatic heterocycles. The van der Waals surface area contributed by atoms with Gasteiger partial charge in [-0.3, -0.25) is 9.69 Å². The summed E-state index contributed by atoms with van der Waals surface area (Å²) in [7, 11) is 0. The second kappa shape index (κ2) is 9.53. The summed E-state index contributed by atoms with van der Waals surface area (Å²) < 4.78 is 68.5. The van der Waals surface area contributed by atoms with E-state index >= 15 is 0 Å². The number of ether oxygens (including phenoxy) is 2. The van der Waals surface area contributed by atoms with Gasteiger partial charge in [0.15, 0.2) is 16.1 Å². The minimum atomic E-state index is -4.96. The minimum Gasteiger partial charge on any atom is -0.462 e. The maximum atomic E-state index is 14.6. The number of rotatable bonds is 4. The van der Waals surface area contributed by atoms with Crippen molar-refractivity contribution < 1.29 is 31.8 Å². The Morgan fingerprint density at radius 1 is 1.25 bits per heavy atom. The first-order valence-corrected chi connectivity index (χ1v) is 12.6. The number of hydrogen-bond donors (Lipinski definition) is 2. The largest absolute Gasteiger partial charge is 0.462 e. The number of pyridine rings is 1. The summed E-state index contributed by atoms with van der Waals surface area (Å²) in [6.45, 7) is 5.07. The molecule has 1 unspecified atom stereocenters. The lowest BCUT2D eigenvalue weighted by atomic mass is 9.98. The van der Waals surface area contributed by atoms with Gasteiger partial charge < -0.3 is 19.8 Å². The number of carbonyl (C=O) groups excluding carboxylic acids is 1. The predicted molar refractivity (Wildman–Crippen MR) is 124 cm³/mol. The molecule has 15 heteroatoms. The zero-order valence-electron chi connectivity index (χ0n) is 19.7. The van der Waals surface area contributed by atoms with Crippen molar-refractivity contribution in [3.8, 4) is 5.88 Å². The van der Waals surface area contributed by atoms with Gasteiger partial charge in [-0.05, 0) is 39.9 Å². The maximum absolute atomic E-state index is 14.6. The number of aromatic nitrogens is 3. The van der Waals surface area contributed by atoms with Crippen LogP contribution in [0.1, 0.15) is 33.6 Å². The number of carbonyl (C=O) groups is 1. The Morgan fingerprint density at radius 2 is 1.94 bits per heavy atom. The van der Waals surface area contributed by atoms with Crippen LogP contribution in [-0.4, -0.2) is 74.8 Å². The third-order valence-electron chi connectivity index (χ3n) is 5.94. The van der Waals surface area contributed by atoms with Crippen LogP contribution >= 0.6 is 23.4 Å². The molecule has 9 nitrogen and oxygen atoms in total. The van der Waals surface area contributed by atoms with Gasteiger partial charge in [0.1, 0.15) is 16.5 Å². The van der Waals surface area contributed by atoms with Crippen LogP contribution in [-0.2, 0) is 4.74 Å². The number of thioether (sulfide) groups is 1. The highest BCUT2D eigenvalue weighted by molar-refractivity contribution is 7.98. The number of aromatic amines is 1. The van der Waals surface area contributed by atoms with Crippen LogP contribution in [0.2, 0.25) is 5.15 Å². The molecule has 2 aromatic rings. The first-order chi connectivity index (χ1) is 16.7. The molecule has 2 fully saturated rings. The number of H-pyrrole nitrogens is 1. The number of amides is 1. The number of alkyl halides is 3. The molecule has 2 N–H and O–H groups in total. The molecule has 0 radical (unpaired) electrons. The van der Waals surface area contributed by atoms with E-state index < -0.39 is 69.4 Å².